The number of hydrogen-bond donors (Lipinski definition) is 1. The van der Waals surface area contributed by atoms with Gasteiger partial charge in [-0.2, -0.15) is 0 Å². The van der Waals surface area contributed by atoms with Gasteiger partial charge in [-0.3, -0.25) is 13.9 Å². The summed E-state index contributed by atoms with van der Waals surface area (Å²) >= 11 is 18.9. The summed E-state index contributed by atoms with van der Waals surface area (Å²) in [6.07, 6.45) is 4.17. The van der Waals surface area contributed by atoms with E-state index in [1.54, 1.807) is 54.6 Å². The molecule has 1 N–H and O–H groups in total. The number of para-hydroxylation sites is 1. The molecule has 0 spiro atoms. The second-order valence-electron chi connectivity index (χ2n) is 10.5. The second-order valence-corrected chi connectivity index (χ2v) is 13.5. The molecule has 1 saturated carbocycles. The van der Waals surface area contributed by atoms with Crippen LogP contribution < -0.4 is 9.62 Å². The Morgan fingerprint density at radius 3 is 2.21 bits per heavy atom. The Bertz CT molecular complexity index is 1530. The SMILES string of the molecule is CCC(C(=O)NC1CCCC1)N(Cc1ccc(Cl)c(Cl)c1)C(=O)CN(c1ccccc1Cl)S(=O)(=O)c1ccc(C)cc1. The van der Waals surface area contributed by atoms with Crippen LogP contribution in [0, 0.1) is 6.92 Å². The number of nitrogens with zero attached hydrogens (tertiary/aromatic N) is 2. The van der Waals surface area contributed by atoms with Crippen LogP contribution in [0.4, 0.5) is 5.69 Å². The first-order chi connectivity index (χ1) is 20.0. The molecule has 1 aliphatic carbocycles. The number of hydrogen-bond acceptors (Lipinski definition) is 4. The maximum Gasteiger partial charge on any atom is 0.264 e. The molecule has 3 aromatic rings. The minimum absolute atomic E-state index is 0.0165. The van der Waals surface area contributed by atoms with E-state index in [4.69, 9.17) is 34.8 Å². The maximum atomic E-state index is 14.2. The zero-order chi connectivity index (χ0) is 30.4. The molecule has 2 amide bonds. The van der Waals surface area contributed by atoms with Crippen molar-refractivity contribution in [2.45, 2.75) is 69.5 Å². The Morgan fingerprint density at radius 2 is 1.60 bits per heavy atom. The predicted molar refractivity (Wildman–Crippen MR) is 169 cm³/mol. The van der Waals surface area contributed by atoms with Gasteiger partial charge in [0.05, 0.1) is 25.7 Å². The van der Waals surface area contributed by atoms with E-state index in [1.807, 2.05) is 13.8 Å². The van der Waals surface area contributed by atoms with E-state index in [0.717, 1.165) is 35.6 Å². The molecule has 1 aliphatic rings. The van der Waals surface area contributed by atoms with E-state index in [-0.39, 0.29) is 34.1 Å². The normalized spacial score (nSPS) is 14.4. The van der Waals surface area contributed by atoms with E-state index in [0.29, 0.717) is 22.0 Å². The van der Waals surface area contributed by atoms with Crippen LogP contribution in [0.3, 0.4) is 0 Å². The topological polar surface area (TPSA) is 86.8 Å². The molecule has 3 aromatic carbocycles. The molecule has 1 unspecified atom stereocenters. The lowest BCUT2D eigenvalue weighted by molar-refractivity contribution is -0.140. The van der Waals surface area contributed by atoms with Crippen molar-refractivity contribution >= 4 is 62.3 Å². The van der Waals surface area contributed by atoms with Crippen molar-refractivity contribution in [1.82, 2.24) is 10.2 Å². The first-order valence-corrected chi connectivity index (χ1v) is 16.5. The molecule has 0 heterocycles. The van der Waals surface area contributed by atoms with Gasteiger partial charge < -0.3 is 10.2 Å². The molecular weight excluding hydrogens is 617 g/mol. The molecule has 0 aromatic heterocycles. The number of halogens is 3. The van der Waals surface area contributed by atoms with Crippen LogP contribution in [0.5, 0.6) is 0 Å². The third kappa shape index (κ3) is 7.59. The van der Waals surface area contributed by atoms with Crippen molar-refractivity contribution in [2.24, 2.45) is 0 Å². The summed E-state index contributed by atoms with van der Waals surface area (Å²) in [4.78, 5) is 29.2. The van der Waals surface area contributed by atoms with Crippen molar-refractivity contribution in [3.63, 3.8) is 0 Å². The summed E-state index contributed by atoms with van der Waals surface area (Å²) in [6.45, 7) is 3.12. The Kier molecular flexibility index (Phi) is 10.8. The zero-order valence-electron chi connectivity index (χ0n) is 23.5. The molecular formula is C31H34Cl3N3O4S. The third-order valence-corrected chi connectivity index (χ3v) is 10.3. The van der Waals surface area contributed by atoms with Gasteiger partial charge in [0.2, 0.25) is 11.8 Å². The number of rotatable bonds is 11. The average molecular weight is 651 g/mol. The van der Waals surface area contributed by atoms with Gasteiger partial charge in [-0.15, -0.1) is 0 Å². The molecule has 7 nitrogen and oxygen atoms in total. The molecule has 42 heavy (non-hydrogen) atoms. The Morgan fingerprint density at radius 1 is 0.929 bits per heavy atom. The van der Waals surface area contributed by atoms with Crippen LogP contribution in [0.2, 0.25) is 15.1 Å². The number of benzene rings is 3. The van der Waals surface area contributed by atoms with E-state index in [1.165, 1.54) is 17.0 Å². The van der Waals surface area contributed by atoms with Crippen LogP contribution >= 0.6 is 34.8 Å². The molecule has 1 atom stereocenters. The highest BCUT2D eigenvalue weighted by Gasteiger charge is 2.35. The largest absolute Gasteiger partial charge is 0.352 e. The highest BCUT2D eigenvalue weighted by atomic mass is 35.5. The Labute approximate surface area is 262 Å². The second kappa shape index (κ2) is 14.1. The maximum absolute atomic E-state index is 14.2. The van der Waals surface area contributed by atoms with Crippen molar-refractivity contribution in [2.75, 3.05) is 10.8 Å². The average Bonchev–Trinajstić information content (AvgIpc) is 3.47. The molecule has 224 valence electrons. The number of amides is 2. The molecule has 11 heteroatoms. The number of nitrogens with one attached hydrogen (secondary N) is 1. The molecule has 0 aliphatic heterocycles. The van der Waals surface area contributed by atoms with Gasteiger partial charge in [-0.05, 0) is 68.1 Å². The van der Waals surface area contributed by atoms with Gasteiger partial charge in [0.15, 0.2) is 0 Å². The van der Waals surface area contributed by atoms with Crippen LogP contribution in [0.1, 0.15) is 50.2 Å². The summed E-state index contributed by atoms with van der Waals surface area (Å²) < 4.78 is 29.0. The van der Waals surface area contributed by atoms with Crippen molar-refractivity contribution < 1.29 is 18.0 Å². The van der Waals surface area contributed by atoms with Crippen molar-refractivity contribution in [3.05, 3.63) is 92.9 Å². The third-order valence-electron chi connectivity index (χ3n) is 7.43. The summed E-state index contributed by atoms with van der Waals surface area (Å²) in [5, 5.41) is 3.93. The fourth-order valence-corrected chi connectivity index (χ4v) is 7.17. The molecule has 4 rings (SSSR count). The summed E-state index contributed by atoms with van der Waals surface area (Å²) in [5.41, 5.74) is 1.70. The lowest BCUT2D eigenvalue weighted by atomic mass is 10.1. The van der Waals surface area contributed by atoms with Crippen molar-refractivity contribution in [1.29, 1.82) is 0 Å². The molecule has 1 fully saturated rings. The first-order valence-electron chi connectivity index (χ1n) is 13.9. The van der Waals surface area contributed by atoms with Gasteiger partial charge in [0, 0.05) is 12.6 Å². The number of aryl methyl sites for hydroxylation is 1. The fraction of sp³-hybridized carbons (Fsp3) is 0.355. The fourth-order valence-electron chi connectivity index (χ4n) is 5.13. The van der Waals surface area contributed by atoms with E-state index >= 15 is 0 Å². The summed E-state index contributed by atoms with van der Waals surface area (Å²) in [6, 6.07) is 17.0. The standard InChI is InChI=1S/C31H34Cl3N3O4S/c1-3-28(31(39)35-23-8-4-5-9-23)36(19-22-14-17-25(32)27(34)18-22)30(38)20-37(29-11-7-6-10-26(29)33)42(40,41)24-15-12-21(2)13-16-24/h6-7,10-18,23,28H,3-5,8-9,19-20H2,1-2H3,(H,35,39). The highest BCUT2D eigenvalue weighted by molar-refractivity contribution is 7.92. The molecule has 0 radical (unpaired) electrons. The minimum atomic E-state index is -4.22. The van der Waals surface area contributed by atoms with Gasteiger partial charge in [-0.25, -0.2) is 8.42 Å². The van der Waals surface area contributed by atoms with Crippen LogP contribution in [0.25, 0.3) is 0 Å². The Balaban J connectivity index is 1.73. The van der Waals surface area contributed by atoms with Crippen LogP contribution in [0.15, 0.2) is 71.6 Å². The number of carbonyl (C=O) groups is 2. The lowest BCUT2D eigenvalue weighted by Crippen LogP contribution is -2.53. The first kappa shape index (κ1) is 32.1. The quantitative estimate of drug-likeness (QED) is 0.242. The number of anilines is 1. The van der Waals surface area contributed by atoms with E-state index < -0.39 is 28.5 Å². The predicted octanol–water partition coefficient (Wildman–Crippen LogP) is 7.02. The van der Waals surface area contributed by atoms with Gasteiger partial charge in [0.1, 0.15) is 12.6 Å². The number of carbonyl (C=O) groups excluding carboxylic acids is 2. The monoisotopic (exact) mass is 649 g/mol. The smallest absolute Gasteiger partial charge is 0.264 e. The van der Waals surface area contributed by atoms with Crippen LogP contribution in [-0.2, 0) is 26.2 Å². The minimum Gasteiger partial charge on any atom is -0.352 e. The van der Waals surface area contributed by atoms with E-state index in [2.05, 4.69) is 5.32 Å². The van der Waals surface area contributed by atoms with Gasteiger partial charge >= 0.3 is 0 Å². The van der Waals surface area contributed by atoms with Gasteiger partial charge in [-0.1, -0.05) is 90.5 Å². The van der Waals surface area contributed by atoms with E-state index in [9.17, 15) is 18.0 Å². The van der Waals surface area contributed by atoms with Crippen molar-refractivity contribution in [3.8, 4) is 0 Å². The summed E-state index contributed by atoms with van der Waals surface area (Å²) in [7, 11) is -4.22. The van der Waals surface area contributed by atoms with Crippen LogP contribution in [-0.4, -0.2) is 43.8 Å². The number of sulfonamides is 1. The molecule has 0 bridgehead atoms. The highest BCUT2D eigenvalue weighted by Crippen LogP contribution is 2.31. The summed E-state index contributed by atoms with van der Waals surface area (Å²) in [5.74, 6) is -0.839. The van der Waals surface area contributed by atoms with Gasteiger partial charge in [0.25, 0.3) is 10.0 Å². The zero-order valence-corrected chi connectivity index (χ0v) is 26.6. The molecule has 0 saturated heterocycles. The lowest BCUT2D eigenvalue weighted by Gasteiger charge is -2.34. The Hall–Kier alpha value is -2.78.